The third-order valence-electron chi connectivity index (χ3n) is 11.9. The van der Waals surface area contributed by atoms with Crippen molar-refractivity contribution < 1.29 is 10.3 Å². The van der Waals surface area contributed by atoms with Gasteiger partial charge in [0.25, 0.3) is 0 Å². The zero-order valence-electron chi connectivity index (χ0n) is 34.8. The van der Waals surface area contributed by atoms with Crippen molar-refractivity contribution in [2.75, 3.05) is 0 Å². The lowest BCUT2D eigenvalue weighted by Gasteiger charge is -2.19. The molecule has 0 N–H and O–H groups in total. The Morgan fingerprint density at radius 3 is 1.04 bits per heavy atom. The van der Waals surface area contributed by atoms with Crippen molar-refractivity contribution >= 4 is 53.9 Å². The maximum Gasteiger partial charge on any atom is 0.0303 e. The van der Waals surface area contributed by atoms with Crippen LogP contribution < -0.4 is 0 Å². The van der Waals surface area contributed by atoms with E-state index in [2.05, 4.69) is 145 Å². The topological polar surface area (TPSA) is 25.8 Å². The highest BCUT2D eigenvalue weighted by molar-refractivity contribution is 6.29. The second-order valence-electron chi connectivity index (χ2n) is 14.6. The molecule has 2 aliphatic rings. The van der Waals surface area contributed by atoms with Gasteiger partial charge in [0.05, 0.1) is 0 Å². The van der Waals surface area contributed by atoms with Crippen molar-refractivity contribution in [3.63, 3.8) is 0 Å². The molecular weight excluding hydrogens is 629 g/mol. The van der Waals surface area contributed by atoms with Crippen LogP contribution in [0.15, 0.2) is 146 Å². The van der Waals surface area contributed by atoms with E-state index in [0.29, 0.717) is 0 Å². The molecular formula is C50H38N2. The SMILES string of the molecule is Cc1cnccc1-c1cc2c3cc4c(cc3c(-c3ccncc3C)cc2c2cc3c(cc12)-c1cccc2cccc-3c12)-c1cccc2cccc-4c12.[2HH].[2H][2H].[2H][2H].[2H][2H]. The van der Waals surface area contributed by atoms with Crippen molar-refractivity contribution in [3.05, 3.63) is 157 Å². The number of hydrogen-bond donors (Lipinski definition) is 0. The molecule has 0 bridgehead atoms. The maximum absolute atomic E-state index is 5.00. The Labute approximate surface area is 311 Å². The molecule has 0 atom stereocenters. The first-order chi connectivity index (χ1) is 28.6. The minimum Gasteiger partial charge on any atom is -0.264 e. The van der Waals surface area contributed by atoms with E-state index >= 15 is 0 Å². The molecule has 0 saturated carbocycles. The van der Waals surface area contributed by atoms with Gasteiger partial charge in [0.2, 0.25) is 0 Å². The van der Waals surface area contributed by atoms with Gasteiger partial charge in [-0.1, -0.05) is 72.8 Å². The fraction of sp³-hybridized carbons (Fsp3) is 0.0400. The highest BCUT2D eigenvalue weighted by Crippen LogP contribution is 2.54. The summed E-state index contributed by atoms with van der Waals surface area (Å²) in [7, 11) is 0. The quantitative estimate of drug-likeness (QED) is 0.171. The monoisotopic (exact) mass is 673 g/mol. The van der Waals surface area contributed by atoms with E-state index in [-0.39, 0.29) is 1.43 Å². The van der Waals surface area contributed by atoms with Crippen LogP contribution in [0.4, 0.5) is 0 Å². The van der Waals surface area contributed by atoms with Crippen molar-refractivity contribution in [2.24, 2.45) is 0 Å². The predicted molar refractivity (Wildman–Crippen MR) is 227 cm³/mol. The molecule has 248 valence electrons. The van der Waals surface area contributed by atoms with Crippen LogP contribution in [-0.2, 0) is 0 Å². The average Bonchev–Trinajstić information content (AvgIpc) is 3.78. The lowest BCUT2D eigenvalue weighted by molar-refractivity contribution is 1.27. The fourth-order valence-electron chi connectivity index (χ4n) is 9.60. The Hall–Kier alpha value is -6.64. The van der Waals surface area contributed by atoms with Crippen molar-refractivity contribution in [2.45, 2.75) is 13.8 Å². The highest BCUT2D eigenvalue weighted by Gasteiger charge is 2.27. The molecule has 2 aromatic heterocycles. The summed E-state index contributed by atoms with van der Waals surface area (Å²) in [6.45, 7) is 4.36. The summed E-state index contributed by atoms with van der Waals surface area (Å²) < 4.78 is 30.0. The number of hydrogen-bond acceptors (Lipinski definition) is 2. The summed E-state index contributed by atoms with van der Waals surface area (Å²) >= 11 is 0. The van der Waals surface area contributed by atoms with Crippen LogP contribution in [0.5, 0.6) is 0 Å². The maximum atomic E-state index is 5.00. The molecule has 2 heteroatoms. The van der Waals surface area contributed by atoms with Crippen LogP contribution in [-0.4, -0.2) is 9.97 Å². The van der Waals surface area contributed by atoms with Gasteiger partial charge in [0.15, 0.2) is 0 Å². The van der Waals surface area contributed by atoms with Gasteiger partial charge in [-0.05, 0) is 194 Å². The van der Waals surface area contributed by atoms with E-state index in [4.69, 9.17) is 8.91 Å². The first-order valence-electron chi connectivity index (χ1n) is 21.0. The fourth-order valence-corrected chi connectivity index (χ4v) is 9.60. The number of aromatic nitrogens is 2. The Balaban J connectivity index is 0.000000664. The molecule has 10 aromatic rings. The molecule has 0 unspecified atom stereocenters. The molecule has 0 radical (unpaired) electrons. The number of nitrogens with zero attached hydrogens (tertiary/aromatic N) is 2. The molecule has 12 rings (SSSR count). The van der Waals surface area contributed by atoms with Crippen molar-refractivity contribution in [1.82, 2.24) is 9.97 Å². The molecule has 0 spiro atoms. The summed E-state index contributed by atoms with van der Waals surface area (Å²) in [5.41, 5.74) is 17.8. The smallest absolute Gasteiger partial charge is 0.0303 e. The van der Waals surface area contributed by atoms with E-state index in [0.717, 1.165) is 0 Å². The molecule has 0 aliphatic heterocycles. The first kappa shape index (κ1) is 25.3. The van der Waals surface area contributed by atoms with E-state index < -0.39 is 0 Å². The normalized spacial score (nSPS) is 12.9. The van der Waals surface area contributed by atoms with E-state index in [1.165, 1.54) is 132 Å². The zero-order valence-corrected chi connectivity index (χ0v) is 28.8. The second kappa shape index (κ2) is 9.99. The molecule has 2 heterocycles. The standard InChI is InChI=1S/C50H30N2.4H2/c1-27-25-51-17-15-31(27)37-19-45-46(47-23-41-35-13-5-9-29-7-3-11-33(49(29)35)39(41)21-43(37)47)20-38(32-16-18-52-26-28(32)2)44-22-40-34-12-4-8-30-10-6-14-36(50(30)34)42(40)24-48(44)45;;;;/h3-26H,1-2H3;4*1H/i;3*1+1D;1+1. The largest absolute Gasteiger partial charge is 0.264 e. The van der Waals surface area contributed by atoms with Crippen molar-refractivity contribution in [3.8, 4) is 66.8 Å². The molecule has 0 fully saturated rings. The van der Waals surface area contributed by atoms with Gasteiger partial charge >= 0.3 is 0 Å². The predicted octanol–water partition coefficient (Wildman–Crippen LogP) is 14.5. The minimum atomic E-state index is 0. The third-order valence-corrected chi connectivity index (χ3v) is 11.9. The number of aryl methyl sites for hydroxylation is 2. The molecule has 2 nitrogen and oxygen atoms in total. The lowest BCUT2D eigenvalue weighted by atomic mass is 9.84. The average molecular weight is 674 g/mol. The lowest BCUT2D eigenvalue weighted by Crippen LogP contribution is -1.93. The Morgan fingerprint density at radius 2 is 0.673 bits per heavy atom. The summed E-state index contributed by atoms with van der Waals surface area (Å²) in [6, 6.07) is 46.1. The summed E-state index contributed by atoms with van der Waals surface area (Å²) in [4.78, 5) is 9.00. The van der Waals surface area contributed by atoms with Crippen LogP contribution in [0.1, 0.15) is 21.5 Å². The summed E-state index contributed by atoms with van der Waals surface area (Å²) in [5, 5.41) is 12.9. The zero-order chi connectivity index (χ0) is 40.2. The number of benzene rings is 8. The second-order valence-corrected chi connectivity index (χ2v) is 14.6. The van der Waals surface area contributed by atoms with Gasteiger partial charge in [0.1, 0.15) is 0 Å². The van der Waals surface area contributed by atoms with Gasteiger partial charge in [0, 0.05) is 35.1 Å². The van der Waals surface area contributed by atoms with Crippen LogP contribution in [0.2, 0.25) is 0 Å². The van der Waals surface area contributed by atoms with Gasteiger partial charge in [-0.15, -0.1) is 0 Å². The van der Waals surface area contributed by atoms with Crippen LogP contribution >= 0.6 is 0 Å². The number of pyridine rings is 2. The van der Waals surface area contributed by atoms with E-state index in [9.17, 15) is 0 Å². The van der Waals surface area contributed by atoms with Gasteiger partial charge in [-0.25, -0.2) is 0 Å². The highest BCUT2D eigenvalue weighted by atomic mass is 14.6. The van der Waals surface area contributed by atoms with E-state index in [1.807, 2.05) is 24.8 Å². The molecule has 8 aromatic carbocycles. The third kappa shape index (κ3) is 3.58. The number of fused-ring (bicyclic) bond motifs is 11. The van der Waals surface area contributed by atoms with Gasteiger partial charge < -0.3 is 0 Å². The Kier molecular flexibility index (Phi) is 4.87. The van der Waals surface area contributed by atoms with Crippen LogP contribution in [0.25, 0.3) is 121 Å². The van der Waals surface area contributed by atoms with Gasteiger partial charge in [-0.2, -0.15) is 0 Å². The minimum absolute atomic E-state index is 0. The summed E-state index contributed by atoms with van der Waals surface area (Å²) in [5.74, 6) is 0. The number of rotatable bonds is 2. The molecule has 2 aliphatic carbocycles. The molecule has 52 heavy (non-hydrogen) atoms. The van der Waals surface area contributed by atoms with Crippen molar-refractivity contribution in [1.29, 1.82) is 0 Å². The van der Waals surface area contributed by atoms with E-state index in [1.54, 1.807) is 0 Å². The first-order valence-corrected chi connectivity index (χ1v) is 18.0. The summed E-state index contributed by atoms with van der Waals surface area (Å²) in [6.07, 6.45) is 7.85. The Bertz CT molecular complexity index is 3060. The van der Waals surface area contributed by atoms with Crippen LogP contribution in [0.3, 0.4) is 0 Å². The Morgan fingerprint density at radius 1 is 0.346 bits per heavy atom. The van der Waals surface area contributed by atoms with Gasteiger partial charge in [-0.3, -0.25) is 9.97 Å². The molecule has 0 amide bonds. The molecule has 0 saturated heterocycles. The van der Waals surface area contributed by atoms with Crippen LogP contribution in [0, 0.1) is 13.8 Å².